The normalized spacial score (nSPS) is 17.8. The summed E-state index contributed by atoms with van der Waals surface area (Å²) in [6, 6.07) is 10.6. The van der Waals surface area contributed by atoms with E-state index < -0.39 is 0 Å². The van der Waals surface area contributed by atoms with Gasteiger partial charge in [0.1, 0.15) is 5.76 Å². The van der Waals surface area contributed by atoms with Gasteiger partial charge in [0.05, 0.1) is 11.7 Å². The van der Waals surface area contributed by atoms with Gasteiger partial charge in [0.2, 0.25) is 11.8 Å². The molecule has 1 atom stereocenters. The van der Waals surface area contributed by atoms with E-state index in [0.29, 0.717) is 18.3 Å². The summed E-state index contributed by atoms with van der Waals surface area (Å²) in [6.45, 7) is 5.45. The van der Waals surface area contributed by atoms with Crippen LogP contribution in [0.4, 0.5) is 0 Å². The smallest absolute Gasteiger partial charge is 0.233 e. The summed E-state index contributed by atoms with van der Waals surface area (Å²) in [5, 5.41) is 12.5. The summed E-state index contributed by atoms with van der Waals surface area (Å²) in [5.74, 6) is 2.19. The molecule has 3 heterocycles. The fraction of sp³-hybridized carbons (Fsp3) is 0.389. The summed E-state index contributed by atoms with van der Waals surface area (Å²) >= 11 is 0. The molecule has 0 bridgehead atoms. The minimum Gasteiger partial charge on any atom is -0.424 e. The lowest BCUT2D eigenvalue weighted by Gasteiger charge is -2.34. The van der Waals surface area contributed by atoms with Gasteiger partial charge in [-0.1, -0.05) is 36.3 Å². The van der Waals surface area contributed by atoms with Crippen molar-refractivity contribution in [2.45, 2.75) is 45.8 Å². The van der Waals surface area contributed by atoms with Gasteiger partial charge in [-0.15, -0.1) is 10.2 Å². The van der Waals surface area contributed by atoms with Crippen LogP contribution >= 0.6 is 0 Å². The molecule has 0 unspecified atom stereocenters. The van der Waals surface area contributed by atoms with E-state index in [2.05, 4.69) is 44.5 Å². The summed E-state index contributed by atoms with van der Waals surface area (Å²) in [6.07, 6.45) is 1.61. The molecule has 0 aliphatic carbocycles. The fourth-order valence-electron chi connectivity index (χ4n) is 3.23. The summed E-state index contributed by atoms with van der Waals surface area (Å²) < 4.78 is 11.1. The number of fused-ring (bicyclic) bond motifs is 1. The van der Waals surface area contributed by atoms with Crippen LogP contribution in [0.25, 0.3) is 0 Å². The molecule has 3 aromatic rings. The largest absolute Gasteiger partial charge is 0.424 e. The van der Waals surface area contributed by atoms with E-state index in [4.69, 9.17) is 8.94 Å². The highest BCUT2D eigenvalue weighted by molar-refractivity contribution is 5.31. The maximum absolute atomic E-state index is 5.85. The van der Waals surface area contributed by atoms with Crippen LogP contribution in [0.5, 0.6) is 0 Å². The molecule has 0 saturated heterocycles. The van der Waals surface area contributed by atoms with Crippen LogP contribution in [-0.2, 0) is 25.9 Å². The van der Waals surface area contributed by atoms with Gasteiger partial charge in [-0.2, -0.15) is 0 Å². The van der Waals surface area contributed by atoms with E-state index in [9.17, 15) is 0 Å². The van der Waals surface area contributed by atoms with Crippen LogP contribution in [-0.4, -0.2) is 20.3 Å². The van der Waals surface area contributed by atoms with E-state index in [0.717, 1.165) is 30.8 Å². The SMILES string of the molecule is CCc1nnc([C@H]2Cc3ccccc3CN2Cc2cc(C)on2)o1. The lowest BCUT2D eigenvalue weighted by Crippen LogP contribution is -2.34. The standard InChI is InChI=1S/C18H20N4O2/c1-3-17-19-20-18(23-17)16-9-13-6-4-5-7-14(13)10-22(16)11-15-8-12(2)24-21-15/h4-8,16H,3,9-11H2,1-2H3/t16-/m1/s1. The molecule has 6 nitrogen and oxygen atoms in total. The Morgan fingerprint density at radius 2 is 2.04 bits per heavy atom. The zero-order valence-electron chi connectivity index (χ0n) is 13.9. The van der Waals surface area contributed by atoms with Crippen molar-refractivity contribution in [1.29, 1.82) is 0 Å². The van der Waals surface area contributed by atoms with E-state index in [1.54, 1.807) is 0 Å². The summed E-state index contributed by atoms with van der Waals surface area (Å²) in [7, 11) is 0. The quantitative estimate of drug-likeness (QED) is 0.734. The molecule has 0 spiro atoms. The number of hydrogen-bond donors (Lipinski definition) is 0. The first kappa shape index (κ1) is 15.1. The van der Waals surface area contributed by atoms with E-state index in [-0.39, 0.29) is 6.04 Å². The highest BCUT2D eigenvalue weighted by Gasteiger charge is 2.31. The molecule has 6 heteroatoms. The van der Waals surface area contributed by atoms with Gasteiger partial charge in [-0.25, -0.2) is 0 Å². The second-order valence-corrected chi connectivity index (χ2v) is 6.21. The Balaban J connectivity index is 1.67. The van der Waals surface area contributed by atoms with E-state index in [1.165, 1.54) is 11.1 Å². The van der Waals surface area contributed by atoms with Gasteiger partial charge in [0.25, 0.3) is 0 Å². The Hall–Kier alpha value is -2.47. The molecule has 1 aliphatic heterocycles. The zero-order chi connectivity index (χ0) is 16.5. The summed E-state index contributed by atoms with van der Waals surface area (Å²) in [5.41, 5.74) is 3.60. The highest BCUT2D eigenvalue weighted by Crippen LogP contribution is 2.33. The van der Waals surface area contributed by atoms with Crippen molar-refractivity contribution in [3.05, 3.63) is 64.7 Å². The van der Waals surface area contributed by atoms with Crippen molar-refractivity contribution >= 4 is 0 Å². The van der Waals surface area contributed by atoms with Gasteiger partial charge >= 0.3 is 0 Å². The predicted octanol–water partition coefficient (Wildman–Crippen LogP) is 3.23. The summed E-state index contributed by atoms with van der Waals surface area (Å²) in [4.78, 5) is 2.33. The van der Waals surface area contributed by atoms with Gasteiger partial charge in [-0.3, -0.25) is 4.90 Å². The zero-order valence-corrected chi connectivity index (χ0v) is 13.9. The molecule has 1 aliphatic rings. The van der Waals surface area contributed by atoms with Crippen LogP contribution in [0, 0.1) is 6.92 Å². The molecular weight excluding hydrogens is 304 g/mol. The number of rotatable bonds is 4. The molecule has 0 radical (unpaired) electrons. The van der Waals surface area contributed by atoms with Crippen molar-refractivity contribution in [3.8, 4) is 0 Å². The van der Waals surface area contributed by atoms with Crippen LogP contribution in [0.2, 0.25) is 0 Å². The number of benzene rings is 1. The Labute approximate surface area is 140 Å². The molecule has 2 aromatic heterocycles. The second kappa shape index (κ2) is 6.20. The molecule has 24 heavy (non-hydrogen) atoms. The van der Waals surface area contributed by atoms with Crippen molar-refractivity contribution in [3.63, 3.8) is 0 Å². The molecule has 124 valence electrons. The van der Waals surface area contributed by atoms with E-state index in [1.807, 2.05) is 19.9 Å². The minimum atomic E-state index is 0.0599. The lowest BCUT2D eigenvalue weighted by molar-refractivity contribution is 0.133. The molecule has 0 N–H and O–H groups in total. The Morgan fingerprint density at radius 1 is 1.21 bits per heavy atom. The first-order valence-corrected chi connectivity index (χ1v) is 8.28. The molecule has 0 fully saturated rings. The van der Waals surface area contributed by atoms with Crippen LogP contribution in [0.15, 0.2) is 39.3 Å². The Kier molecular flexibility index (Phi) is 3.90. The van der Waals surface area contributed by atoms with Gasteiger partial charge in [-0.05, 0) is 24.5 Å². The number of aryl methyl sites for hydroxylation is 2. The fourth-order valence-corrected chi connectivity index (χ4v) is 3.23. The average molecular weight is 324 g/mol. The van der Waals surface area contributed by atoms with Gasteiger partial charge < -0.3 is 8.94 Å². The maximum Gasteiger partial charge on any atom is 0.233 e. The third-order valence-corrected chi connectivity index (χ3v) is 4.46. The molecule has 0 saturated carbocycles. The van der Waals surface area contributed by atoms with Crippen molar-refractivity contribution in [2.75, 3.05) is 0 Å². The molecular formula is C18H20N4O2. The third kappa shape index (κ3) is 2.85. The Bertz CT molecular complexity index is 839. The maximum atomic E-state index is 5.85. The molecule has 0 amide bonds. The first-order valence-electron chi connectivity index (χ1n) is 8.28. The number of nitrogens with zero attached hydrogens (tertiary/aromatic N) is 4. The van der Waals surface area contributed by atoms with Crippen molar-refractivity contribution in [1.82, 2.24) is 20.3 Å². The average Bonchev–Trinajstić information content (AvgIpc) is 3.23. The lowest BCUT2D eigenvalue weighted by atomic mass is 9.93. The number of hydrogen-bond acceptors (Lipinski definition) is 6. The minimum absolute atomic E-state index is 0.0599. The van der Waals surface area contributed by atoms with E-state index >= 15 is 0 Å². The number of aromatic nitrogens is 3. The monoisotopic (exact) mass is 324 g/mol. The molecule has 1 aromatic carbocycles. The van der Waals surface area contributed by atoms with Gasteiger partial charge in [0.15, 0.2) is 0 Å². The van der Waals surface area contributed by atoms with Crippen molar-refractivity contribution < 1.29 is 8.94 Å². The molecule has 4 rings (SSSR count). The first-order chi connectivity index (χ1) is 11.7. The van der Waals surface area contributed by atoms with Crippen LogP contribution in [0.3, 0.4) is 0 Å². The van der Waals surface area contributed by atoms with Gasteiger partial charge in [0, 0.05) is 25.6 Å². The predicted molar refractivity (Wildman–Crippen MR) is 87.1 cm³/mol. The third-order valence-electron chi connectivity index (χ3n) is 4.46. The topological polar surface area (TPSA) is 68.2 Å². The van der Waals surface area contributed by atoms with Crippen LogP contribution < -0.4 is 0 Å². The Morgan fingerprint density at radius 3 is 2.75 bits per heavy atom. The van der Waals surface area contributed by atoms with Crippen molar-refractivity contribution in [2.24, 2.45) is 0 Å². The van der Waals surface area contributed by atoms with Crippen LogP contribution in [0.1, 0.15) is 47.3 Å². The second-order valence-electron chi connectivity index (χ2n) is 6.21. The highest BCUT2D eigenvalue weighted by atomic mass is 16.5.